The number of hydrogen-bond acceptors (Lipinski definition) is 5. The van der Waals surface area contributed by atoms with Crippen molar-refractivity contribution < 1.29 is 24.5 Å². The van der Waals surface area contributed by atoms with Gasteiger partial charge in [0.25, 0.3) is 0 Å². The van der Waals surface area contributed by atoms with Gasteiger partial charge in [-0.25, -0.2) is 4.52 Å². The maximum atomic E-state index is 9.19. The molecule has 5 nitrogen and oxygen atoms in total. The largest absolute Gasteiger partial charge is 0.339 e. The van der Waals surface area contributed by atoms with Crippen LogP contribution in [-0.2, 0) is 10.5 Å². The topological polar surface area (TPSA) is 90.2 Å². The van der Waals surface area contributed by atoms with Gasteiger partial charge in [-0.1, -0.05) is 30.3 Å². The quantitative estimate of drug-likeness (QED) is 0.411. The Morgan fingerprint density at radius 1 is 1.08 bits per heavy atom. The van der Waals surface area contributed by atoms with Crippen LogP contribution in [-0.4, -0.2) is 20.0 Å². The van der Waals surface area contributed by atoms with Crippen LogP contribution in [0.4, 0.5) is 0 Å². The highest BCUT2D eigenvalue weighted by Crippen LogP contribution is 2.35. The lowest BCUT2D eigenvalue weighted by Crippen LogP contribution is -2.26. The second-order valence-electron chi connectivity index (χ2n) is 2.32. The van der Waals surface area contributed by atoms with Crippen molar-refractivity contribution in [3.05, 3.63) is 35.9 Å². The molecular weight excluding hydrogens is 195 g/mol. The summed E-state index contributed by atoms with van der Waals surface area (Å²) in [5.74, 6) is -2.66. The lowest BCUT2D eigenvalue weighted by molar-refractivity contribution is -0.306. The van der Waals surface area contributed by atoms with Crippen LogP contribution >= 0.6 is 8.60 Å². The molecule has 0 bridgehead atoms. The maximum absolute atomic E-state index is 9.19. The summed E-state index contributed by atoms with van der Waals surface area (Å²) in [6, 6.07) is 7.59. The first kappa shape index (κ1) is 10.5. The molecule has 0 aliphatic carbocycles. The molecule has 1 rings (SSSR count). The Labute approximate surface area is 75.8 Å². The highest BCUT2D eigenvalue weighted by molar-refractivity contribution is 7.39. The standard InChI is InChI=1S/C7H9O5P/c8-7(9,12-13(10)11)6-4-2-1-3-5-6/h1-5,8-11H. The molecule has 0 spiro atoms. The molecule has 0 unspecified atom stereocenters. The van der Waals surface area contributed by atoms with Crippen molar-refractivity contribution in [2.24, 2.45) is 0 Å². The van der Waals surface area contributed by atoms with E-state index in [0.29, 0.717) is 0 Å². The number of aliphatic hydroxyl groups is 2. The van der Waals surface area contributed by atoms with Crippen LogP contribution in [0.5, 0.6) is 0 Å². The normalized spacial score (nSPS) is 12.1. The summed E-state index contributed by atoms with van der Waals surface area (Å²) < 4.78 is 4.11. The summed E-state index contributed by atoms with van der Waals surface area (Å²) in [5, 5.41) is 18.4. The Kier molecular flexibility index (Phi) is 3.33. The van der Waals surface area contributed by atoms with E-state index in [9.17, 15) is 10.2 Å². The third-order valence-electron chi connectivity index (χ3n) is 1.36. The summed E-state index contributed by atoms with van der Waals surface area (Å²) in [6.07, 6.45) is 0. The van der Waals surface area contributed by atoms with Gasteiger partial charge in [-0.3, -0.25) is 0 Å². The summed E-state index contributed by atoms with van der Waals surface area (Å²) in [6.45, 7) is 0. The van der Waals surface area contributed by atoms with Crippen LogP contribution in [0.25, 0.3) is 0 Å². The van der Waals surface area contributed by atoms with Crippen molar-refractivity contribution in [2.75, 3.05) is 0 Å². The first-order valence-electron chi connectivity index (χ1n) is 3.39. The van der Waals surface area contributed by atoms with E-state index >= 15 is 0 Å². The van der Waals surface area contributed by atoms with Gasteiger partial charge in [0, 0.05) is 5.56 Å². The highest BCUT2D eigenvalue weighted by atomic mass is 31.2. The lowest BCUT2D eigenvalue weighted by Gasteiger charge is -2.21. The van der Waals surface area contributed by atoms with Crippen LogP contribution in [0.15, 0.2) is 30.3 Å². The summed E-state index contributed by atoms with van der Waals surface area (Å²) >= 11 is 0. The molecule has 0 radical (unpaired) electrons. The molecule has 0 aromatic heterocycles. The summed E-state index contributed by atoms with van der Waals surface area (Å²) in [5.41, 5.74) is 0.0330. The van der Waals surface area contributed by atoms with Crippen LogP contribution in [0.3, 0.4) is 0 Å². The van der Waals surface area contributed by atoms with E-state index in [-0.39, 0.29) is 5.56 Å². The van der Waals surface area contributed by atoms with Crippen molar-refractivity contribution in [2.45, 2.75) is 5.97 Å². The van der Waals surface area contributed by atoms with Gasteiger partial charge in [0.15, 0.2) is 0 Å². The second kappa shape index (κ2) is 4.11. The third kappa shape index (κ3) is 3.00. The van der Waals surface area contributed by atoms with Gasteiger partial charge in [0.1, 0.15) is 0 Å². The zero-order valence-electron chi connectivity index (χ0n) is 6.53. The van der Waals surface area contributed by atoms with E-state index in [1.54, 1.807) is 18.2 Å². The highest BCUT2D eigenvalue weighted by Gasteiger charge is 2.30. The van der Waals surface area contributed by atoms with Gasteiger partial charge >= 0.3 is 14.6 Å². The molecule has 0 saturated carbocycles. The van der Waals surface area contributed by atoms with Crippen molar-refractivity contribution >= 4 is 8.60 Å². The third-order valence-corrected chi connectivity index (χ3v) is 1.78. The Bertz CT molecular complexity index is 261. The number of benzene rings is 1. The maximum Gasteiger partial charge on any atom is 0.331 e. The van der Waals surface area contributed by atoms with E-state index in [1.807, 2.05) is 0 Å². The predicted octanol–water partition coefficient (Wildman–Crippen LogP) is 0.00960. The molecule has 0 heterocycles. The Morgan fingerprint density at radius 2 is 1.62 bits per heavy atom. The minimum Gasteiger partial charge on any atom is -0.339 e. The molecule has 0 fully saturated rings. The Hall–Kier alpha value is -0.550. The lowest BCUT2D eigenvalue weighted by atomic mass is 10.2. The van der Waals surface area contributed by atoms with Gasteiger partial charge < -0.3 is 20.0 Å². The SMILES string of the molecule is OP(O)OC(O)(O)c1ccccc1. The van der Waals surface area contributed by atoms with Crippen molar-refractivity contribution in [3.8, 4) is 0 Å². The fourth-order valence-electron chi connectivity index (χ4n) is 0.822. The van der Waals surface area contributed by atoms with Gasteiger partial charge in [0.05, 0.1) is 0 Å². The van der Waals surface area contributed by atoms with Crippen molar-refractivity contribution in [1.29, 1.82) is 0 Å². The molecule has 1 aromatic rings. The number of hydrogen-bond donors (Lipinski definition) is 4. The summed E-state index contributed by atoms with van der Waals surface area (Å²) in [7, 11) is -2.81. The molecule has 13 heavy (non-hydrogen) atoms. The molecule has 1 aromatic carbocycles. The fourth-order valence-corrected chi connectivity index (χ4v) is 1.15. The van der Waals surface area contributed by atoms with Crippen LogP contribution < -0.4 is 0 Å². The first-order chi connectivity index (χ1) is 6.02. The minimum atomic E-state index is -2.81. The second-order valence-corrected chi connectivity index (χ2v) is 3.01. The molecule has 0 aliphatic rings. The van der Waals surface area contributed by atoms with E-state index < -0.39 is 14.6 Å². The molecule has 72 valence electrons. The van der Waals surface area contributed by atoms with E-state index in [0.717, 1.165) is 0 Å². The van der Waals surface area contributed by atoms with Crippen molar-refractivity contribution in [3.63, 3.8) is 0 Å². The molecule has 0 saturated heterocycles. The summed E-state index contributed by atoms with van der Waals surface area (Å²) in [4.78, 5) is 16.9. The average Bonchev–Trinajstić information content (AvgIpc) is 2.04. The fraction of sp³-hybridized carbons (Fsp3) is 0.143. The predicted molar refractivity (Wildman–Crippen MR) is 45.0 cm³/mol. The zero-order chi connectivity index (χ0) is 9.90. The smallest absolute Gasteiger partial charge is 0.331 e. The average molecular weight is 204 g/mol. The Morgan fingerprint density at radius 3 is 2.08 bits per heavy atom. The van der Waals surface area contributed by atoms with Gasteiger partial charge in [0.2, 0.25) is 0 Å². The molecule has 0 atom stereocenters. The van der Waals surface area contributed by atoms with E-state index in [2.05, 4.69) is 4.52 Å². The Balaban J connectivity index is 2.81. The first-order valence-corrected chi connectivity index (χ1v) is 4.56. The molecular formula is C7H9O5P. The van der Waals surface area contributed by atoms with Crippen LogP contribution in [0.1, 0.15) is 5.56 Å². The van der Waals surface area contributed by atoms with Crippen molar-refractivity contribution in [1.82, 2.24) is 0 Å². The molecule has 4 N–H and O–H groups in total. The van der Waals surface area contributed by atoms with E-state index in [1.165, 1.54) is 12.1 Å². The minimum absolute atomic E-state index is 0.0330. The van der Waals surface area contributed by atoms with Gasteiger partial charge in [-0.15, -0.1) is 0 Å². The van der Waals surface area contributed by atoms with Gasteiger partial charge in [-0.05, 0) is 0 Å². The van der Waals surface area contributed by atoms with Crippen LogP contribution in [0, 0.1) is 0 Å². The van der Waals surface area contributed by atoms with Crippen LogP contribution in [0.2, 0.25) is 0 Å². The number of rotatable bonds is 3. The van der Waals surface area contributed by atoms with Gasteiger partial charge in [-0.2, -0.15) is 0 Å². The molecule has 0 amide bonds. The molecule has 6 heteroatoms. The molecule has 0 aliphatic heterocycles. The van der Waals surface area contributed by atoms with E-state index in [4.69, 9.17) is 9.79 Å². The monoisotopic (exact) mass is 204 g/mol. The zero-order valence-corrected chi connectivity index (χ0v) is 7.43.